The Hall–Kier alpha value is -3.18. The van der Waals surface area contributed by atoms with Crippen molar-refractivity contribution in [1.29, 1.82) is 0 Å². The first-order valence-electron chi connectivity index (χ1n) is 9.31. The lowest BCUT2D eigenvalue weighted by Gasteiger charge is -2.06. The molecule has 144 valence electrons. The van der Waals surface area contributed by atoms with Crippen molar-refractivity contribution in [3.8, 4) is 16.9 Å². The lowest BCUT2D eigenvalue weighted by Crippen LogP contribution is -1.95. The topological polar surface area (TPSA) is 50.3 Å². The number of halogens is 1. The molecular formula is C24H20BrN3O. The van der Waals surface area contributed by atoms with Crippen molar-refractivity contribution in [2.45, 2.75) is 13.5 Å². The van der Waals surface area contributed by atoms with Crippen LogP contribution in [0.4, 0.5) is 5.82 Å². The summed E-state index contributed by atoms with van der Waals surface area (Å²) in [6.45, 7) is 2.55. The van der Waals surface area contributed by atoms with E-state index >= 15 is 0 Å². The van der Waals surface area contributed by atoms with E-state index in [0.29, 0.717) is 12.4 Å². The highest BCUT2D eigenvalue weighted by molar-refractivity contribution is 9.10. The molecule has 0 saturated heterocycles. The van der Waals surface area contributed by atoms with E-state index in [4.69, 9.17) is 4.74 Å². The second kappa shape index (κ2) is 8.88. The van der Waals surface area contributed by atoms with E-state index < -0.39 is 0 Å². The highest BCUT2D eigenvalue weighted by Gasteiger charge is 2.11. The third-order valence-electron chi connectivity index (χ3n) is 4.51. The van der Waals surface area contributed by atoms with Gasteiger partial charge >= 0.3 is 0 Å². The summed E-state index contributed by atoms with van der Waals surface area (Å²) in [5, 5.41) is 7.39. The smallest absolute Gasteiger partial charge is 0.181 e. The molecule has 0 bridgehead atoms. The molecule has 0 amide bonds. The average Bonchev–Trinajstić information content (AvgIpc) is 3.12. The Bertz CT molecular complexity index is 1120. The molecule has 5 heteroatoms. The van der Waals surface area contributed by atoms with Crippen LogP contribution in [0, 0.1) is 6.92 Å². The van der Waals surface area contributed by atoms with Crippen LogP contribution in [0.3, 0.4) is 0 Å². The lowest BCUT2D eigenvalue weighted by atomic mass is 10.1. The number of aryl methyl sites for hydroxylation is 1. The van der Waals surface area contributed by atoms with Gasteiger partial charge in [-0.25, -0.2) is 4.99 Å². The maximum absolute atomic E-state index is 5.84. The number of aliphatic imine (C=N–C) groups is 1. The van der Waals surface area contributed by atoms with E-state index in [-0.39, 0.29) is 0 Å². The summed E-state index contributed by atoms with van der Waals surface area (Å²) in [5.41, 5.74) is 5.19. The number of nitrogens with zero attached hydrogens (tertiary/aromatic N) is 2. The first-order valence-corrected chi connectivity index (χ1v) is 10.1. The second-order valence-electron chi connectivity index (χ2n) is 6.66. The fourth-order valence-electron chi connectivity index (χ4n) is 3.03. The molecule has 0 spiro atoms. The molecule has 1 aromatic heterocycles. The van der Waals surface area contributed by atoms with Gasteiger partial charge in [-0.05, 0) is 60.0 Å². The van der Waals surface area contributed by atoms with Gasteiger partial charge in [0.1, 0.15) is 12.4 Å². The van der Waals surface area contributed by atoms with E-state index in [1.165, 1.54) is 0 Å². The van der Waals surface area contributed by atoms with Gasteiger partial charge in [-0.1, -0.05) is 58.4 Å². The Labute approximate surface area is 178 Å². The number of H-pyrrole nitrogens is 1. The third-order valence-corrected chi connectivity index (χ3v) is 5.00. The highest BCUT2D eigenvalue weighted by Crippen LogP contribution is 2.32. The van der Waals surface area contributed by atoms with Crippen LogP contribution in [-0.4, -0.2) is 16.4 Å². The summed E-state index contributed by atoms with van der Waals surface area (Å²) in [4.78, 5) is 4.60. The quantitative estimate of drug-likeness (QED) is 0.345. The van der Waals surface area contributed by atoms with Crippen molar-refractivity contribution in [2.75, 3.05) is 0 Å². The van der Waals surface area contributed by atoms with Crippen LogP contribution in [0.2, 0.25) is 0 Å². The number of ether oxygens (including phenoxy) is 1. The minimum atomic E-state index is 0.552. The number of hydrogen-bond donors (Lipinski definition) is 1. The van der Waals surface area contributed by atoms with Crippen molar-refractivity contribution in [1.82, 2.24) is 10.2 Å². The van der Waals surface area contributed by atoms with E-state index in [1.807, 2.05) is 67.7 Å². The summed E-state index contributed by atoms with van der Waals surface area (Å²) >= 11 is 3.53. The number of hydrogen-bond acceptors (Lipinski definition) is 3. The second-order valence-corrected chi connectivity index (χ2v) is 7.57. The Morgan fingerprint density at radius 3 is 2.55 bits per heavy atom. The van der Waals surface area contributed by atoms with Crippen molar-refractivity contribution >= 4 is 28.0 Å². The van der Waals surface area contributed by atoms with Gasteiger partial charge in [-0.15, -0.1) is 0 Å². The fourth-order valence-corrected chi connectivity index (χ4v) is 3.43. The van der Waals surface area contributed by atoms with Crippen molar-refractivity contribution < 1.29 is 4.74 Å². The predicted octanol–water partition coefficient (Wildman–Crippen LogP) is 6.48. The zero-order chi connectivity index (χ0) is 20.1. The first-order chi connectivity index (χ1) is 14.2. The molecule has 0 aliphatic rings. The normalized spacial score (nSPS) is 11.1. The van der Waals surface area contributed by atoms with E-state index in [2.05, 4.69) is 55.4 Å². The van der Waals surface area contributed by atoms with Gasteiger partial charge in [-0.3, -0.25) is 5.10 Å². The molecule has 0 atom stereocenters. The Balaban J connectivity index is 1.47. The van der Waals surface area contributed by atoms with Gasteiger partial charge < -0.3 is 4.74 Å². The molecule has 1 heterocycles. The average molecular weight is 446 g/mol. The Morgan fingerprint density at radius 2 is 1.79 bits per heavy atom. The first kappa shape index (κ1) is 19.2. The standard InChI is InChI=1S/C24H20BrN3O/c1-17-23(20-8-5-9-21(25)14-20)24(28-27-17)26-15-18-10-12-22(13-11-18)29-16-19-6-3-2-4-7-19/h2-15H,16H2,1H3,(H,27,28). The number of aromatic amines is 1. The maximum Gasteiger partial charge on any atom is 0.181 e. The van der Waals surface area contributed by atoms with Crippen LogP contribution in [0.1, 0.15) is 16.8 Å². The zero-order valence-electron chi connectivity index (χ0n) is 16.0. The van der Waals surface area contributed by atoms with Crippen LogP contribution in [0.5, 0.6) is 5.75 Å². The van der Waals surface area contributed by atoms with Gasteiger partial charge in [-0.2, -0.15) is 5.10 Å². The predicted molar refractivity (Wildman–Crippen MR) is 121 cm³/mol. The molecule has 4 rings (SSSR count). The highest BCUT2D eigenvalue weighted by atomic mass is 79.9. The molecule has 4 aromatic rings. The number of aromatic nitrogens is 2. The molecule has 0 unspecified atom stereocenters. The molecule has 0 aliphatic heterocycles. The molecule has 0 aliphatic carbocycles. The molecule has 0 saturated carbocycles. The third kappa shape index (κ3) is 4.81. The fraction of sp³-hybridized carbons (Fsp3) is 0.0833. The Morgan fingerprint density at radius 1 is 1.00 bits per heavy atom. The minimum absolute atomic E-state index is 0.552. The van der Waals surface area contributed by atoms with Gasteiger partial charge in [0, 0.05) is 21.9 Å². The SMILES string of the molecule is Cc1[nH]nc(N=Cc2ccc(OCc3ccccc3)cc2)c1-c1cccc(Br)c1. The number of benzene rings is 3. The van der Waals surface area contributed by atoms with Gasteiger partial charge in [0.05, 0.1) is 0 Å². The van der Waals surface area contributed by atoms with Gasteiger partial charge in [0.25, 0.3) is 0 Å². The van der Waals surface area contributed by atoms with Gasteiger partial charge in [0.2, 0.25) is 0 Å². The Kier molecular flexibility index (Phi) is 5.86. The molecule has 1 N–H and O–H groups in total. The van der Waals surface area contributed by atoms with E-state index in [9.17, 15) is 0 Å². The summed E-state index contributed by atoms with van der Waals surface area (Å²) in [6.07, 6.45) is 1.82. The van der Waals surface area contributed by atoms with Crippen LogP contribution in [0.25, 0.3) is 11.1 Å². The molecule has 29 heavy (non-hydrogen) atoms. The van der Waals surface area contributed by atoms with E-state index in [0.717, 1.165) is 38.2 Å². The molecule has 0 fully saturated rings. The zero-order valence-corrected chi connectivity index (χ0v) is 17.6. The van der Waals surface area contributed by atoms with Gasteiger partial charge in [0.15, 0.2) is 5.82 Å². The monoisotopic (exact) mass is 445 g/mol. The summed E-state index contributed by atoms with van der Waals surface area (Å²) in [6, 6.07) is 26.1. The summed E-state index contributed by atoms with van der Waals surface area (Å²) in [7, 11) is 0. The molecule has 3 aromatic carbocycles. The lowest BCUT2D eigenvalue weighted by molar-refractivity contribution is 0.306. The number of rotatable bonds is 6. The molecule has 4 nitrogen and oxygen atoms in total. The summed E-state index contributed by atoms with van der Waals surface area (Å²) in [5.74, 6) is 1.50. The maximum atomic E-state index is 5.84. The number of nitrogens with one attached hydrogen (secondary N) is 1. The van der Waals surface area contributed by atoms with Crippen LogP contribution >= 0.6 is 15.9 Å². The molecule has 0 radical (unpaired) electrons. The van der Waals surface area contributed by atoms with Crippen molar-refractivity contribution in [3.05, 3.63) is 100 Å². The van der Waals surface area contributed by atoms with Crippen LogP contribution < -0.4 is 4.74 Å². The van der Waals surface area contributed by atoms with Crippen LogP contribution in [-0.2, 0) is 6.61 Å². The molecular weight excluding hydrogens is 426 g/mol. The van der Waals surface area contributed by atoms with E-state index in [1.54, 1.807) is 0 Å². The summed E-state index contributed by atoms with van der Waals surface area (Å²) < 4.78 is 6.86. The van der Waals surface area contributed by atoms with Crippen molar-refractivity contribution in [2.24, 2.45) is 4.99 Å². The van der Waals surface area contributed by atoms with Crippen molar-refractivity contribution in [3.63, 3.8) is 0 Å². The minimum Gasteiger partial charge on any atom is -0.489 e. The largest absolute Gasteiger partial charge is 0.489 e. The van der Waals surface area contributed by atoms with Crippen LogP contribution in [0.15, 0.2) is 88.3 Å².